The molecular weight excluding hydrogens is 350 g/mol. The molecule has 0 atom stereocenters. The summed E-state index contributed by atoms with van der Waals surface area (Å²) in [4.78, 5) is 0. The lowest BCUT2D eigenvalue weighted by Crippen LogP contribution is -1.98. The van der Waals surface area contributed by atoms with Crippen molar-refractivity contribution in [3.05, 3.63) is 26.0 Å². The van der Waals surface area contributed by atoms with Gasteiger partial charge in [-0.25, -0.2) is 4.39 Å². The Kier molecular flexibility index (Phi) is 4.45. The van der Waals surface area contributed by atoms with Crippen LogP contribution in [0.15, 0.2) is 16.6 Å². The Hall–Kier alpha value is 0.160. The molecule has 0 fully saturated rings. The standard InChI is InChI=1S/C9H9BrFIO/c1-2-5-13-7-4-3-6(10)9(12)8(7)11/h3-4H,2,5H2,1H3. The highest BCUT2D eigenvalue weighted by molar-refractivity contribution is 14.1. The van der Waals surface area contributed by atoms with Crippen molar-refractivity contribution in [3.8, 4) is 5.75 Å². The molecule has 1 rings (SSSR count). The van der Waals surface area contributed by atoms with Gasteiger partial charge in [-0.2, -0.15) is 0 Å². The van der Waals surface area contributed by atoms with Gasteiger partial charge in [-0.15, -0.1) is 0 Å². The van der Waals surface area contributed by atoms with Crippen LogP contribution in [0, 0.1) is 9.39 Å². The largest absolute Gasteiger partial charge is 0.490 e. The summed E-state index contributed by atoms with van der Waals surface area (Å²) in [5.74, 6) is 0.0397. The van der Waals surface area contributed by atoms with Gasteiger partial charge >= 0.3 is 0 Å². The highest BCUT2D eigenvalue weighted by Gasteiger charge is 2.09. The third-order valence-corrected chi connectivity index (χ3v) is 3.92. The zero-order valence-corrected chi connectivity index (χ0v) is 10.9. The van der Waals surface area contributed by atoms with Crippen LogP contribution in [0.3, 0.4) is 0 Å². The molecule has 0 saturated heterocycles. The smallest absolute Gasteiger partial charge is 0.179 e. The number of hydrogen-bond donors (Lipinski definition) is 0. The summed E-state index contributed by atoms with van der Waals surface area (Å²) in [6.45, 7) is 2.54. The fourth-order valence-corrected chi connectivity index (χ4v) is 1.58. The van der Waals surface area contributed by atoms with Gasteiger partial charge in [0.15, 0.2) is 11.6 Å². The second kappa shape index (κ2) is 5.14. The van der Waals surface area contributed by atoms with E-state index in [9.17, 15) is 4.39 Å². The molecule has 72 valence electrons. The minimum Gasteiger partial charge on any atom is -0.490 e. The predicted octanol–water partition coefficient (Wildman–Crippen LogP) is 3.98. The zero-order valence-electron chi connectivity index (χ0n) is 7.11. The van der Waals surface area contributed by atoms with E-state index in [0.717, 1.165) is 10.9 Å². The molecule has 0 saturated carbocycles. The van der Waals surface area contributed by atoms with Crippen molar-refractivity contribution in [3.63, 3.8) is 0 Å². The van der Waals surface area contributed by atoms with E-state index in [1.165, 1.54) is 0 Å². The van der Waals surface area contributed by atoms with E-state index in [1.54, 1.807) is 12.1 Å². The molecule has 0 heterocycles. The van der Waals surface area contributed by atoms with E-state index in [1.807, 2.05) is 29.5 Å². The van der Waals surface area contributed by atoms with Gasteiger partial charge in [-0.05, 0) is 57.1 Å². The van der Waals surface area contributed by atoms with E-state index < -0.39 is 0 Å². The molecule has 0 N–H and O–H groups in total. The first-order chi connectivity index (χ1) is 6.16. The first-order valence-corrected chi connectivity index (χ1v) is 5.80. The molecule has 1 aromatic carbocycles. The maximum absolute atomic E-state index is 13.4. The van der Waals surface area contributed by atoms with E-state index in [4.69, 9.17) is 4.74 Å². The number of ether oxygens (including phenoxy) is 1. The van der Waals surface area contributed by atoms with Gasteiger partial charge in [0.2, 0.25) is 0 Å². The van der Waals surface area contributed by atoms with Crippen molar-refractivity contribution >= 4 is 38.5 Å². The van der Waals surface area contributed by atoms with Gasteiger partial charge in [-0.3, -0.25) is 0 Å². The Morgan fingerprint density at radius 3 is 2.85 bits per heavy atom. The van der Waals surface area contributed by atoms with Crippen molar-refractivity contribution in [2.75, 3.05) is 6.61 Å². The molecule has 1 aromatic rings. The highest BCUT2D eigenvalue weighted by atomic mass is 127. The fourth-order valence-electron chi connectivity index (χ4n) is 0.832. The summed E-state index contributed by atoms with van der Waals surface area (Å²) >= 11 is 5.19. The van der Waals surface area contributed by atoms with Gasteiger partial charge in [-0.1, -0.05) is 6.92 Å². The second-order valence-electron chi connectivity index (χ2n) is 2.52. The lowest BCUT2D eigenvalue weighted by Gasteiger charge is -2.07. The molecule has 0 spiro atoms. The first kappa shape index (κ1) is 11.2. The molecule has 4 heteroatoms. The number of halogens is 3. The van der Waals surface area contributed by atoms with Crippen molar-refractivity contribution in [1.29, 1.82) is 0 Å². The second-order valence-corrected chi connectivity index (χ2v) is 4.46. The lowest BCUT2D eigenvalue weighted by molar-refractivity contribution is 0.300. The van der Waals surface area contributed by atoms with Crippen LogP contribution in [-0.4, -0.2) is 6.61 Å². The Morgan fingerprint density at radius 2 is 2.23 bits per heavy atom. The van der Waals surface area contributed by atoms with E-state index in [-0.39, 0.29) is 5.82 Å². The van der Waals surface area contributed by atoms with Crippen LogP contribution in [0.25, 0.3) is 0 Å². The fraction of sp³-hybridized carbons (Fsp3) is 0.333. The summed E-state index contributed by atoms with van der Waals surface area (Å²) < 4.78 is 20.0. The summed E-state index contributed by atoms with van der Waals surface area (Å²) in [5, 5.41) is 0. The normalized spacial score (nSPS) is 10.2. The van der Waals surface area contributed by atoms with Crippen LogP contribution in [0.5, 0.6) is 5.75 Å². The third-order valence-electron chi connectivity index (χ3n) is 1.46. The summed E-state index contributed by atoms with van der Waals surface area (Å²) in [7, 11) is 0. The number of benzene rings is 1. The lowest BCUT2D eigenvalue weighted by atomic mass is 10.3. The van der Waals surface area contributed by atoms with Crippen LogP contribution in [-0.2, 0) is 0 Å². The monoisotopic (exact) mass is 358 g/mol. The van der Waals surface area contributed by atoms with Gasteiger partial charge in [0.05, 0.1) is 10.2 Å². The minimum absolute atomic E-state index is 0.288. The summed E-state index contributed by atoms with van der Waals surface area (Å²) in [5.41, 5.74) is 0. The van der Waals surface area contributed by atoms with Crippen molar-refractivity contribution in [2.45, 2.75) is 13.3 Å². The van der Waals surface area contributed by atoms with Crippen LogP contribution >= 0.6 is 38.5 Å². The molecule has 0 aromatic heterocycles. The predicted molar refractivity (Wildman–Crippen MR) is 62.6 cm³/mol. The van der Waals surface area contributed by atoms with E-state index in [0.29, 0.717) is 15.9 Å². The highest BCUT2D eigenvalue weighted by Crippen LogP contribution is 2.28. The third kappa shape index (κ3) is 2.80. The molecule has 0 aliphatic carbocycles. The van der Waals surface area contributed by atoms with Crippen LogP contribution in [0.2, 0.25) is 0 Å². The van der Waals surface area contributed by atoms with Crippen LogP contribution in [0.1, 0.15) is 13.3 Å². The summed E-state index contributed by atoms with van der Waals surface area (Å²) in [6, 6.07) is 3.42. The average molecular weight is 359 g/mol. The average Bonchev–Trinajstić information content (AvgIpc) is 2.13. The Balaban J connectivity index is 2.90. The van der Waals surface area contributed by atoms with Gasteiger partial charge in [0.25, 0.3) is 0 Å². The van der Waals surface area contributed by atoms with E-state index in [2.05, 4.69) is 15.9 Å². The van der Waals surface area contributed by atoms with Crippen LogP contribution < -0.4 is 4.74 Å². The SMILES string of the molecule is CCCOc1ccc(Br)c(I)c1F. The number of rotatable bonds is 3. The molecule has 13 heavy (non-hydrogen) atoms. The molecule has 1 nitrogen and oxygen atoms in total. The van der Waals surface area contributed by atoms with Crippen LogP contribution in [0.4, 0.5) is 4.39 Å². The molecule has 0 unspecified atom stereocenters. The van der Waals surface area contributed by atoms with Gasteiger partial charge in [0, 0.05) is 4.47 Å². The van der Waals surface area contributed by atoms with Gasteiger partial charge < -0.3 is 4.74 Å². The summed E-state index contributed by atoms with van der Waals surface area (Å²) in [6.07, 6.45) is 0.881. The van der Waals surface area contributed by atoms with Crippen molar-refractivity contribution in [2.24, 2.45) is 0 Å². The maximum atomic E-state index is 13.4. The molecule has 0 amide bonds. The zero-order chi connectivity index (χ0) is 9.84. The number of hydrogen-bond acceptors (Lipinski definition) is 1. The van der Waals surface area contributed by atoms with Crippen molar-refractivity contribution < 1.29 is 9.13 Å². The molecule has 0 aliphatic rings. The topological polar surface area (TPSA) is 9.23 Å². The minimum atomic E-state index is -0.288. The maximum Gasteiger partial charge on any atom is 0.179 e. The Bertz CT molecular complexity index is 304. The Morgan fingerprint density at radius 1 is 1.54 bits per heavy atom. The van der Waals surface area contributed by atoms with Crippen molar-refractivity contribution in [1.82, 2.24) is 0 Å². The molecule has 0 bridgehead atoms. The first-order valence-electron chi connectivity index (χ1n) is 3.93. The molecule has 0 aliphatic heterocycles. The molecular formula is C9H9BrFIO. The Labute approximate surface area is 98.9 Å². The quantitative estimate of drug-likeness (QED) is 0.586. The molecule has 0 radical (unpaired) electrons. The van der Waals surface area contributed by atoms with E-state index >= 15 is 0 Å². The van der Waals surface area contributed by atoms with Gasteiger partial charge in [0.1, 0.15) is 0 Å².